The van der Waals surface area contributed by atoms with Gasteiger partial charge in [-0.3, -0.25) is 9.69 Å². The highest BCUT2D eigenvalue weighted by Gasteiger charge is 2.30. The van der Waals surface area contributed by atoms with Crippen LogP contribution in [0.2, 0.25) is 0 Å². The van der Waals surface area contributed by atoms with Crippen molar-refractivity contribution in [3.05, 3.63) is 0 Å². The summed E-state index contributed by atoms with van der Waals surface area (Å²) in [5, 5.41) is 11.9. The number of nitrogens with one attached hydrogen (secondary N) is 1. The van der Waals surface area contributed by atoms with Crippen molar-refractivity contribution in [2.24, 2.45) is 0 Å². The van der Waals surface area contributed by atoms with Gasteiger partial charge in [-0.1, -0.05) is 0 Å². The summed E-state index contributed by atoms with van der Waals surface area (Å²) in [6.07, 6.45) is 2.22. The topological polar surface area (TPSA) is 61.8 Å². The van der Waals surface area contributed by atoms with Crippen molar-refractivity contribution in [1.82, 2.24) is 10.2 Å². The van der Waals surface area contributed by atoms with Crippen LogP contribution in [-0.4, -0.2) is 60.9 Å². The Labute approximate surface area is 89.4 Å². The second-order valence-electron chi connectivity index (χ2n) is 4.21. The van der Waals surface area contributed by atoms with Gasteiger partial charge in [-0.05, 0) is 12.8 Å². The van der Waals surface area contributed by atoms with Gasteiger partial charge in [0.05, 0.1) is 6.61 Å². The fourth-order valence-corrected chi connectivity index (χ4v) is 2.28. The maximum atomic E-state index is 10.9. The van der Waals surface area contributed by atoms with Crippen molar-refractivity contribution in [2.45, 2.75) is 24.9 Å². The standard InChI is InChI=1S/C10H18N2O3/c13-10(14)9-6-12(4-3-11-9)8-2-1-5-15-7-8/h8-9,11H,1-7H2,(H,13,14). The summed E-state index contributed by atoms with van der Waals surface area (Å²) in [5.74, 6) is -0.753. The van der Waals surface area contributed by atoms with Gasteiger partial charge < -0.3 is 15.2 Å². The van der Waals surface area contributed by atoms with E-state index in [0.717, 1.165) is 39.1 Å². The first-order valence-electron chi connectivity index (χ1n) is 5.55. The van der Waals surface area contributed by atoms with Gasteiger partial charge in [0.25, 0.3) is 0 Å². The highest BCUT2D eigenvalue weighted by atomic mass is 16.5. The third-order valence-electron chi connectivity index (χ3n) is 3.16. The van der Waals surface area contributed by atoms with Gasteiger partial charge in [0.2, 0.25) is 0 Å². The first-order valence-corrected chi connectivity index (χ1v) is 5.55. The van der Waals surface area contributed by atoms with E-state index < -0.39 is 12.0 Å². The number of aliphatic carboxylic acids is 1. The summed E-state index contributed by atoms with van der Waals surface area (Å²) in [7, 11) is 0. The molecule has 2 atom stereocenters. The Kier molecular flexibility index (Phi) is 3.56. The molecule has 0 aromatic rings. The molecule has 2 fully saturated rings. The predicted octanol–water partition coefficient (Wildman–Crippen LogP) is -0.476. The van der Waals surface area contributed by atoms with Crippen LogP contribution in [0.1, 0.15) is 12.8 Å². The van der Waals surface area contributed by atoms with Crippen molar-refractivity contribution < 1.29 is 14.6 Å². The van der Waals surface area contributed by atoms with Gasteiger partial charge in [-0.15, -0.1) is 0 Å². The minimum atomic E-state index is -0.753. The Morgan fingerprint density at radius 2 is 2.40 bits per heavy atom. The number of rotatable bonds is 2. The smallest absolute Gasteiger partial charge is 0.322 e. The number of hydrogen-bond acceptors (Lipinski definition) is 4. The molecule has 15 heavy (non-hydrogen) atoms. The molecule has 0 aromatic heterocycles. The van der Waals surface area contributed by atoms with E-state index in [1.165, 1.54) is 0 Å². The Hall–Kier alpha value is -0.650. The predicted molar refractivity (Wildman–Crippen MR) is 54.8 cm³/mol. The zero-order chi connectivity index (χ0) is 10.7. The lowest BCUT2D eigenvalue weighted by atomic mass is 10.1. The molecule has 0 saturated carbocycles. The molecule has 2 heterocycles. The van der Waals surface area contributed by atoms with Crippen molar-refractivity contribution in [3.63, 3.8) is 0 Å². The molecule has 2 aliphatic heterocycles. The first-order chi connectivity index (χ1) is 7.27. The van der Waals surface area contributed by atoms with Crippen LogP contribution in [0.4, 0.5) is 0 Å². The summed E-state index contributed by atoms with van der Waals surface area (Å²) in [6.45, 7) is 3.89. The van der Waals surface area contributed by atoms with Gasteiger partial charge in [0, 0.05) is 32.3 Å². The number of nitrogens with zero attached hydrogens (tertiary/aromatic N) is 1. The molecule has 86 valence electrons. The lowest BCUT2D eigenvalue weighted by molar-refractivity contribution is -0.141. The zero-order valence-corrected chi connectivity index (χ0v) is 8.82. The molecule has 0 aromatic carbocycles. The lowest BCUT2D eigenvalue weighted by Gasteiger charge is -2.38. The summed E-state index contributed by atoms with van der Waals surface area (Å²) in [5.41, 5.74) is 0. The van der Waals surface area contributed by atoms with E-state index >= 15 is 0 Å². The molecular formula is C10H18N2O3. The summed E-state index contributed by atoms with van der Waals surface area (Å²) < 4.78 is 5.42. The Morgan fingerprint density at radius 1 is 1.53 bits per heavy atom. The Bertz CT molecular complexity index is 229. The van der Waals surface area contributed by atoms with E-state index in [2.05, 4.69) is 10.2 Å². The number of ether oxygens (including phenoxy) is 1. The molecule has 2 aliphatic rings. The van der Waals surface area contributed by atoms with Crippen LogP contribution in [0.25, 0.3) is 0 Å². The highest BCUT2D eigenvalue weighted by Crippen LogP contribution is 2.15. The molecule has 0 radical (unpaired) electrons. The van der Waals surface area contributed by atoms with Crippen LogP contribution >= 0.6 is 0 Å². The molecule has 2 N–H and O–H groups in total. The van der Waals surface area contributed by atoms with Crippen LogP contribution in [0.15, 0.2) is 0 Å². The fourth-order valence-electron chi connectivity index (χ4n) is 2.28. The summed E-state index contributed by atoms with van der Waals surface area (Å²) in [4.78, 5) is 13.1. The highest BCUT2D eigenvalue weighted by molar-refractivity contribution is 5.73. The molecule has 5 heteroatoms. The maximum absolute atomic E-state index is 10.9. The molecule has 0 aliphatic carbocycles. The Balaban J connectivity index is 1.88. The number of carboxylic acid groups (broad SMARTS) is 1. The summed E-state index contributed by atoms with van der Waals surface area (Å²) >= 11 is 0. The van der Waals surface area contributed by atoms with Crippen LogP contribution in [-0.2, 0) is 9.53 Å². The number of carbonyl (C=O) groups is 1. The SMILES string of the molecule is O=C(O)C1CN(C2CCCOC2)CCN1. The van der Waals surface area contributed by atoms with Crippen molar-refractivity contribution in [1.29, 1.82) is 0 Å². The summed E-state index contributed by atoms with van der Waals surface area (Å²) in [6, 6.07) is 0.00313. The number of hydrogen-bond donors (Lipinski definition) is 2. The van der Waals surface area contributed by atoms with Crippen LogP contribution < -0.4 is 5.32 Å². The van der Waals surface area contributed by atoms with Gasteiger partial charge in [0.15, 0.2) is 0 Å². The molecule has 0 spiro atoms. The van der Waals surface area contributed by atoms with Gasteiger partial charge in [-0.25, -0.2) is 0 Å². The monoisotopic (exact) mass is 214 g/mol. The molecule has 5 nitrogen and oxygen atoms in total. The van der Waals surface area contributed by atoms with Crippen molar-refractivity contribution >= 4 is 5.97 Å². The third-order valence-corrected chi connectivity index (χ3v) is 3.16. The lowest BCUT2D eigenvalue weighted by Crippen LogP contribution is -2.58. The molecule has 2 rings (SSSR count). The van der Waals surface area contributed by atoms with Gasteiger partial charge >= 0.3 is 5.97 Å². The number of carboxylic acids is 1. The van der Waals surface area contributed by atoms with Gasteiger partial charge in [-0.2, -0.15) is 0 Å². The fraction of sp³-hybridized carbons (Fsp3) is 0.900. The van der Waals surface area contributed by atoms with E-state index in [1.807, 2.05) is 0 Å². The molecule has 0 bridgehead atoms. The third kappa shape index (κ3) is 2.68. The molecule has 2 saturated heterocycles. The largest absolute Gasteiger partial charge is 0.480 e. The van der Waals surface area contributed by atoms with E-state index in [9.17, 15) is 4.79 Å². The van der Waals surface area contributed by atoms with Crippen LogP contribution in [0.5, 0.6) is 0 Å². The van der Waals surface area contributed by atoms with Crippen LogP contribution in [0, 0.1) is 0 Å². The zero-order valence-electron chi connectivity index (χ0n) is 8.82. The average Bonchev–Trinajstić information content (AvgIpc) is 2.30. The quantitative estimate of drug-likeness (QED) is 0.650. The number of piperazine rings is 1. The van der Waals surface area contributed by atoms with Crippen molar-refractivity contribution in [2.75, 3.05) is 32.8 Å². The molecule has 2 unspecified atom stereocenters. The minimum Gasteiger partial charge on any atom is -0.480 e. The van der Waals surface area contributed by atoms with E-state index in [0.29, 0.717) is 12.6 Å². The maximum Gasteiger partial charge on any atom is 0.322 e. The molecule has 0 amide bonds. The minimum absolute atomic E-state index is 0.416. The van der Waals surface area contributed by atoms with Crippen LogP contribution in [0.3, 0.4) is 0 Å². The van der Waals surface area contributed by atoms with E-state index in [4.69, 9.17) is 9.84 Å². The second kappa shape index (κ2) is 4.92. The van der Waals surface area contributed by atoms with Gasteiger partial charge in [0.1, 0.15) is 6.04 Å². The van der Waals surface area contributed by atoms with E-state index in [-0.39, 0.29) is 0 Å². The van der Waals surface area contributed by atoms with Crippen molar-refractivity contribution in [3.8, 4) is 0 Å². The second-order valence-corrected chi connectivity index (χ2v) is 4.21. The van der Waals surface area contributed by atoms with E-state index in [1.54, 1.807) is 0 Å². The Morgan fingerprint density at radius 3 is 3.07 bits per heavy atom. The normalized spacial score (nSPS) is 33.9. The molecular weight excluding hydrogens is 196 g/mol. The average molecular weight is 214 g/mol. The first kappa shape index (κ1) is 10.9.